The summed E-state index contributed by atoms with van der Waals surface area (Å²) >= 11 is 0. The summed E-state index contributed by atoms with van der Waals surface area (Å²) in [6.07, 6.45) is 0.868. The van der Waals surface area contributed by atoms with E-state index in [2.05, 4.69) is 0 Å². The van der Waals surface area contributed by atoms with Crippen LogP contribution in [-0.4, -0.2) is 15.8 Å². The molecule has 0 bridgehead atoms. The Bertz CT molecular complexity index is 1110. The van der Waals surface area contributed by atoms with Gasteiger partial charge in [0.2, 0.25) is 0 Å². The molecule has 0 N–H and O–H groups in total. The Morgan fingerprint density at radius 3 is 2.15 bits per heavy atom. The molecule has 0 aliphatic heterocycles. The highest BCUT2D eigenvalue weighted by Crippen LogP contribution is 2.35. The molecule has 0 radical (unpaired) electrons. The van der Waals surface area contributed by atoms with Crippen molar-refractivity contribution in [1.82, 2.24) is 4.57 Å². The van der Waals surface area contributed by atoms with Crippen molar-refractivity contribution in [2.75, 3.05) is 0 Å². The van der Waals surface area contributed by atoms with Crippen LogP contribution < -0.4 is 0 Å². The fourth-order valence-corrected chi connectivity index (χ4v) is 3.26. The molecule has 1 aromatic heterocycles. The summed E-state index contributed by atoms with van der Waals surface area (Å²) in [7, 11) is 0. The topological polar surface area (TPSA) is 65.1 Å². The Morgan fingerprint density at radius 1 is 0.846 bits per heavy atom. The molecule has 3 aromatic carbocycles. The number of para-hydroxylation sites is 1. The molecule has 0 aliphatic carbocycles. The third-order valence-corrected chi connectivity index (χ3v) is 4.40. The van der Waals surface area contributed by atoms with Gasteiger partial charge in [-0.25, -0.2) is 0 Å². The number of carbonyl (C=O) groups excluding carboxylic acids is 1. The van der Waals surface area contributed by atoms with Gasteiger partial charge in [0.25, 0.3) is 5.69 Å². The SMILES string of the molecule is O=Cc1c(-c2ccccc2)n(-c2ccc([N+](=O)[O-])cc2)c2ccccc12. The number of non-ortho nitro benzene ring substituents is 1. The molecule has 0 spiro atoms. The van der Waals surface area contributed by atoms with E-state index in [4.69, 9.17) is 0 Å². The van der Waals surface area contributed by atoms with Crippen LogP contribution in [0.3, 0.4) is 0 Å². The molecule has 4 aromatic rings. The maximum atomic E-state index is 11.9. The van der Waals surface area contributed by atoms with Crippen molar-refractivity contribution in [2.45, 2.75) is 0 Å². The lowest BCUT2D eigenvalue weighted by atomic mass is 10.1. The van der Waals surface area contributed by atoms with E-state index in [1.54, 1.807) is 12.1 Å². The number of nitro groups is 1. The van der Waals surface area contributed by atoms with Crippen molar-refractivity contribution in [3.05, 3.63) is 94.5 Å². The number of fused-ring (bicyclic) bond motifs is 1. The molecule has 4 rings (SSSR count). The molecule has 126 valence electrons. The molecule has 5 heteroatoms. The number of benzene rings is 3. The lowest BCUT2D eigenvalue weighted by Crippen LogP contribution is -1.98. The van der Waals surface area contributed by atoms with Gasteiger partial charge in [-0.2, -0.15) is 0 Å². The average Bonchev–Trinajstić information content (AvgIpc) is 3.03. The molecule has 0 fully saturated rings. The predicted molar refractivity (Wildman–Crippen MR) is 101 cm³/mol. The highest BCUT2D eigenvalue weighted by atomic mass is 16.6. The Hall–Kier alpha value is -3.73. The van der Waals surface area contributed by atoms with Gasteiger partial charge in [0.1, 0.15) is 0 Å². The van der Waals surface area contributed by atoms with Gasteiger partial charge in [-0.15, -0.1) is 0 Å². The third kappa shape index (κ3) is 2.46. The number of aldehydes is 1. The van der Waals surface area contributed by atoms with E-state index in [-0.39, 0.29) is 5.69 Å². The van der Waals surface area contributed by atoms with Crippen molar-refractivity contribution in [3.63, 3.8) is 0 Å². The van der Waals surface area contributed by atoms with Gasteiger partial charge in [0, 0.05) is 28.8 Å². The van der Waals surface area contributed by atoms with E-state index in [0.29, 0.717) is 5.56 Å². The molecule has 0 aliphatic rings. The van der Waals surface area contributed by atoms with E-state index in [1.807, 2.05) is 59.2 Å². The average molecular weight is 342 g/mol. The summed E-state index contributed by atoms with van der Waals surface area (Å²) < 4.78 is 1.97. The van der Waals surface area contributed by atoms with Gasteiger partial charge in [-0.3, -0.25) is 14.9 Å². The van der Waals surface area contributed by atoms with Crippen molar-refractivity contribution in [3.8, 4) is 16.9 Å². The van der Waals surface area contributed by atoms with E-state index >= 15 is 0 Å². The van der Waals surface area contributed by atoms with Gasteiger partial charge in [0.05, 0.1) is 16.1 Å². The standard InChI is InChI=1S/C21H14N2O3/c24-14-19-18-8-4-5-9-20(18)22(21(19)15-6-2-1-3-7-15)16-10-12-17(13-11-16)23(25)26/h1-14H. The summed E-state index contributed by atoms with van der Waals surface area (Å²) in [6.45, 7) is 0. The minimum Gasteiger partial charge on any atom is -0.309 e. The van der Waals surface area contributed by atoms with Crippen LogP contribution in [0.4, 0.5) is 5.69 Å². The molecule has 0 unspecified atom stereocenters. The van der Waals surface area contributed by atoms with Gasteiger partial charge in [-0.1, -0.05) is 48.5 Å². The first-order valence-corrected chi connectivity index (χ1v) is 8.09. The lowest BCUT2D eigenvalue weighted by Gasteiger charge is -2.11. The normalized spacial score (nSPS) is 10.8. The maximum absolute atomic E-state index is 11.9. The monoisotopic (exact) mass is 342 g/mol. The lowest BCUT2D eigenvalue weighted by molar-refractivity contribution is -0.384. The summed E-state index contributed by atoms with van der Waals surface area (Å²) in [5, 5.41) is 11.8. The number of rotatable bonds is 4. The number of nitrogens with zero attached hydrogens (tertiary/aromatic N) is 2. The van der Waals surface area contributed by atoms with E-state index in [1.165, 1.54) is 12.1 Å². The van der Waals surface area contributed by atoms with Crippen molar-refractivity contribution < 1.29 is 9.72 Å². The molecule has 0 saturated carbocycles. The van der Waals surface area contributed by atoms with Crippen LogP contribution in [0.25, 0.3) is 27.8 Å². The first-order valence-electron chi connectivity index (χ1n) is 8.09. The van der Waals surface area contributed by atoms with Crippen molar-refractivity contribution in [2.24, 2.45) is 0 Å². The minimum atomic E-state index is -0.424. The summed E-state index contributed by atoms with van der Waals surface area (Å²) in [4.78, 5) is 22.4. The van der Waals surface area contributed by atoms with Gasteiger partial charge < -0.3 is 4.57 Å². The molecular weight excluding hydrogens is 328 g/mol. The van der Waals surface area contributed by atoms with Crippen LogP contribution >= 0.6 is 0 Å². The molecule has 5 nitrogen and oxygen atoms in total. The summed E-state index contributed by atoms with van der Waals surface area (Å²) in [5.41, 5.74) is 3.95. The molecule has 26 heavy (non-hydrogen) atoms. The number of aromatic nitrogens is 1. The first kappa shape index (κ1) is 15.8. The fraction of sp³-hybridized carbons (Fsp3) is 0. The first-order chi connectivity index (χ1) is 12.7. The van der Waals surface area contributed by atoms with Crippen LogP contribution in [-0.2, 0) is 0 Å². The van der Waals surface area contributed by atoms with Crippen LogP contribution in [0.2, 0.25) is 0 Å². The largest absolute Gasteiger partial charge is 0.309 e. The molecule has 0 saturated heterocycles. The maximum Gasteiger partial charge on any atom is 0.269 e. The van der Waals surface area contributed by atoms with Crippen molar-refractivity contribution in [1.29, 1.82) is 0 Å². The van der Waals surface area contributed by atoms with Crippen LogP contribution in [0.15, 0.2) is 78.9 Å². The molecular formula is C21H14N2O3. The number of nitro benzene ring substituents is 1. The highest BCUT2D eigenvalue weighted by Gasteiger charge is 2.19. The second-order valence-electron chi connectivity index (χ2n) is 5.87. The Balaban J connectivity index is 2.07. The van der Waals surface area contributed by atoms with Gasteiger partial charge in [-0.05, 0) is 23.8 Å². The Kier molecular flexibility index (Phi) is 3.82. The zero-order valence-corrected chi connectivity index (χ0v) is 13.7. The number of hydrogen-bond donors (Lipinski definition) is 0. The van der Waals surface area contributed by atoms with Gasteiger partial charge in [0.15, 0.2) is 6.29 Å². The fourth-order valence-electron chi connectivity index (χ4n) is 3.26. The second-order valence-corrected chi connectivity index (χ2v) is 5.87. The van der Waals surface area contributed by atoms with Crippen LogP contribution in [0.5, 0.6) is 0 Å². The smallest absolute Gasteiger partial charge is 0.269 e. The van der Waals surface area contributed by atoms with E-state index < -0.39 is 4.92 Å². The molecule has 1 heterocycles. The quantitative estimate of drug-likeness (QED) is 0.297. The second kappa shape index (κ2) is 6.29. The summed E-state index contributed by atoms with van der Waals surface area (Å²) in [5.74, 6) is 0. The predicted octanol–water partition coefficient (Wildman–Crippen LogP) is 5.02. The minimum absolute atomic E-state index is 0.0297. The van der Waals surface area contributed by atoms with E-state index in [9.17, 15) is 14.9 Å². The highest BCUT2D eigenvalue weighted by molar-refractivity contribution is 6.06. The third-order valence-electron chi connectivity index (χ3n) is 4.40. The molecule has 0 amide bonds. The van der Waals surface area contributed by atoms with Crippen molar-refractivity contribution >= 4 is 22.9 Å². The Labute approximate surface area is 149 Å². The van der Waals surface area contributed by atoms with E-state index in [0.717, 1.165) is 34.1 Å². The summed E-state index contributed by atoms with van der Waals surface area (Å²) in [6, 6.07) is 23.6. The van der Waals surface area contributed by atoms with Crippen LogP contribution in [0, 0.1) is 10.1 Å². The number of carbonyl (C=O) groups is 1. The molecule has 0 atom stereocenters. The zero-order chi connectivity index (χ0) is 18.1. The number of hydrogen-bond acceptors (Lipinski definition) is 3. The van der Waals surface area contributed by atoms with Crippen LogP contribution in [0.1, 0.15) is 10.4 Å². The van der Waals surface area contributed by atoms with Gasteiger partial charge >= 0.3 is 0 Å². The zero-order valence-electron chi connectivity index (χ0n) is 13.7. The Morgan fingerprint density at radius 2 is 1.50 bits per heavy atom.